The number of amidine groups is 1. The lowest BCUT2D eigenvalue weighted by atomic mass is 10.1. The van der Waals surface area contributed by atoms with Crippen molar-refractivity contribution < 1.29 is 10.0 Å². The van der Waals surface area contributed by atoms with E-state index in [1.54, 1.807) is 6.92 Å². The number of nitrogens with zero attached hydrogens (tertiary/aromatic N) is 1. The Kier molecular flexibility index (Phi) is 5.85. The highest BCUT2D eigenvalue weighted by Gasteiger charge is 2.09. The van der Waals surface area contributed by atoms with Crippen LogP contribution in [0, 0.1) is 12.8 Å². The summed E-state index contributed by atoms with van der Waals surface area (Å²) in [6.45, 7) is 4.20. The topological polar surface area (TPSA) is 87.7 Å². The molecule has 1 atom stereocenters. The molecule has 5 heteroatoms. The summed E-state index contributed by atoms with van der Waals surface area (Å²) in [6.07, 6.45) is 1.15. The number of benzene rings is 1. The van der Waals surface area contributed by atoms with Crippen molar-refractivity contribution in [1.29, 1.82) is 0 Å². The molecule has 4 N–H and O–H groups in total. The first-order valence-electron chi connectivity index (χ1n) is 6.32. The molecule has 0 fully saturated rings. The van der Waals surface area contributed by atoms with E-state index >= 15 is 0 Å². The number of hydrogen-bond donors (Lipinski definition) is 3. The van der Waals surface area contributed by atoms with Crippen LogP contribution in [0.3, 0.4) is 0 Å². The summed E-state index contributed by atoms with van der Waals surface area (Å²) < 4.78 is 0. The van der Waals surface area contributed by atoms with Gasteiger partial charge in [0, 0.05) is 18.9 Å². The molecule has 1 rings (SSSR count). The van der Waals surface area contributed by atoms with E-state index in [9.17, 15) is 4.79 Å². The van der Waals surface area contributed by atoms with Crippen LogP contribution in [0.1, 0.15) is 24.5 Å². The van der Waals surface area contributed by atoms with Gasteiger partial charge in [0.25, 0.3) is 0 Å². The number of nitrogens with one attached hydrogen (secondary N) is 1. The van der Waals surface area contributed by atoms with Gasteiger partial charge in [-0.2, -0.15) is 0 Å². The summed E-state index contributed by atoms with van der Waals surface area (Å²) in [5.41, 5.74) is 7.78. The van der Waals surface area contributed by atoms with Gasteiger partial charge in [-0.3, -0.25) is 4.79 Å². The number of aryl methyl sites for hydroxylation is 2. The van der Waals surface area contributed by atoms with E-state index in [1.165, 1.54) is 5.56 Å². The van der Waals surface area contributed by atoms with Crippen molar-refractivity contribution in [3.8, 4) is 0 Å². The minimum absolute atomic E-state index is 0.0286. The fourth-order valence-corrected chi connectivity index (χ4v) is 1.68. The largest absolute Gasteiger partial charge is 0.409 e. The van der Waals surface area contributed by atoms with Crippen LogP contribution in [0.5, 0.6) is 0 Å². The highest BCUT2D eigenvalue weighted by molar-refractivity contribution is 5.83. The van der Waals surface area contributed by atoms with E-state index in [0.29, 0.717) is 19.4 Å². The van der Waals surface area contributed by atoms with Crippen molar-refractivity contribution in [3.05, 3.63) is 35.4 Å². The Bertz CT molecular complexity index is 458. The molecule has 0 spiro atoms. The highest BCUT2D eigenvalue weighted by Crippen LogP contribution is 2.06. The summed E-state index contributed by atoms with van der Waals surface area (Å²) in [6, 6.07) is 8.11. The van der Waals surface area contributed by atoms with Gasteiger partial charge in [0.05, 0.1) is 0 Å². The average Bonchev–Trinajstić information content (AvgIpc) is 2.41. The van der Waals surface area contributed by atoms with Crippen molar-refractivity contribution in [3.63, 3.8) is 0 Å². The number of carbonyl (C=O) groups is 1. The predicted molar refractivity (Wildman–Crippen MR) is 75.1 cm³/mol. The van der Waals surface area contributed by atoms with E-state index in [1.807, 2.05) is 25.1 Å². The minimum Gasteiger partial charge on any atom is -0.409 e. The maximum atomic E-state index is 11.7. The van der Waals surface area contributed by atoms with Gasteiger partial charge in [-0.05, 0) is 18.9 Å². The molecule has 0 aromatic heterocycles. The van der Waals surface area contributed by atoms with Gasteiger partial charge in [0.1, 0.15) is 5.84 Å². The zero-order valence-corrected chi connectivity index (χ0v) is 11.4. The lowest BCUT2D eigenvalue weighted by Gasteiger charge is -2.11. The van der Waals surface area contributed by atoms with Crippen molar-refractivity contribution in [2.75, 3.05) is 6.54 Å². The first-order valence-corrected chi connectivity index (χ1v) is 6.32. The second-order valence-electron chi connectivity index (χ2n) is 4.72. The number of oxime groups is 1. The molecule has 1 aromatic rings. The standard InChI is InChI=1S/C14H21N3O2/c1-10-4-3-5-12(8-10)6-7-13(18)16-9-11(2)14(15)17-19/h3-5,8,11,19H,6-7,9H2,1-2H3,(H2,15,17)(H,16,18). The monoisotopic (exact) mass is 263 g/mol. The molecule has 0 saturated heterocycles. The van der Waals surface area contributed by atoms with Crippen LogP contribution in [-0.2, 0) is 11.2 Å². The molecule has 1 aromatic carbocycles. The Morgan fingerprint density at radius 3 is 2.89 bits per heavy atom. The predicted octanol–water partition coefficient (Wildman–Crippen LogP) is 1.43. The molecule has 0 bridgehead atoms. The molecule has 19 heavy (non-hydrogen) atoms. The smallest absolute Gasteiger partial charge is 0.220 e. The summed E-state index contributed by atoms with van der Waals surface area (Å²) in [5.74, 6) is -0.0778. The zero-order chi connectivity index (χ0) is 14.3. The maximum Gasteiger partial charge on any atom is 0.220 e. The van der Waals surface area contributed by atoms with Gasteiger partial charge in [-0.15, -0.1) is 0 Å². The minimum atomic E-state index is -0.173. The Labute approximate surface area is 113 Å². The fourth-order valence-electron chi connectivity index (χ4n) is 1.68. The van der Waals surface area contributed by atoms with Crippen LogP contribution in [0.15, 0.2) is 29.4 Å². The van der Waals surface area contributed by atoms with Gasteiger partial charge in [0.2, 0.25) is 5.91 Å². The van der Waals surface area contributed by atoms with Gasteiger partial charge in [-0.25, -0.2) is 0 Å². The second-order valence-corrected chi connectivity index (χ2v) is 4.72. The van der Waals surface area contributed by atoms with Crippen molar-refractivity contribution in [2.24, 2.45) is 16.8 Å². The molecule has 0 heterocycles. The molecular weight excluding hydrogens is 242 g/mol. The molecular formula is C14H21N3O2. The third-order valence-electron chi connectivity index (χ3n) is 2.95. The van der Waals surface area contributed by atoms with Crippen LogP contribution in [-0.4, -0.2) is 23.5 Å². The van der Waals surface area contributed by atoms with Gasteiger partial charge in [-0.1, -0.05) is 41.9 Å². The Hall–Kier alpha value is -2.04. The molecule has 0 aliphatic carbocycles. The molecule has 104 valence electrons. The molecule has 1 unspecified atom stereocenters. The SMILES string of the molecule is Cc1cccc(CCC(=O)NCC(C)C(N)=NO)c1. The molecule has 0 saturated carbocycles. The quantitative estimate of drug-likeness (QED) is 0.314. The summed E-state index contributed by atoms with van der Waals surface area (Å²) in [4.78, 5) is 11.7. The lowest BCUT2D eigenvalue weighted by Crippen LogP contribution is -2.34. The third-order valence-corrected chi connectivity index (χ3v) is 2.95. The Balaban J connectivity index is 2.32. The first-order chi connectivity index (χ1) is 9.02. The van der Waals surface area contributed by atoms with Gasteiger partial charge < -0.3 is 16.3 Å². The number of nitrogens with two attached hydrogens (primary N) is 1. The number of amides is 1. The highest BCUT2D eigenvalue weighted by atomic mass is 16.4. The van der Waals surface area contributed by atoms with Crippen LogP contribution in [0.25, 0.3) is 0 Å². The summed E-state index contributed by atoms with van der Waals surface area (Å²) in [5, 5.41) is 14.2. The Morgan fingerprint density at radius 1 is 1.53 bits per heavy atom. The normalized spacial score (nSPS) is 13.1. The van der Waals surface area contributed by atoms with Crippen LogP contribution in [0.2, 0.25) is 0 Å². The zero-order valence-electron chi connectivity index (χ0n) is 11.4. The van der Waals surface area contributed by atoms with Crippen LogP contribution in [0.4, 0.5) is 0 Å². The summed E-state index contributed by atoms with van der Waals surface area (Å²) >= 11 is 0. The maximum absolute atomic E-state index is 11.7. The molecule has 1 amide bonds. The third kappa shape index (κ3) is 5.42. The lowest BCUT2D eigenvalue weighted by molar-refractivity contribution is -0.121. The fraction of sp³-hybridized carbons (Fsp3) is 0.429. The van der Waals surface area contributed by atoms with Crippen molar-refractivity contribution in [1.82, 2.24) is 5.32 Å². The molecule has 0 aliphatic rings. The first kappa shape index (κ1) is 15.0. The van der Waals surface area contributed by atoms with E-state index in [4.69, 9.17) is 10.9 Å². The number of carbonyl (C=O) groups excluding carboxylic acids is 1. The van der Waals surface area contributed by atoms with Gasteiger partial charge in [0.15, 0.2) is 0 Å². The van der Waals surface area contributed by atoms with Crippen LogP contribution < -0.4 is 11.1 Å². The van der Waals surface area contributed by atoms with Gasteiger partial charge >= 0.3 is 0 Å². The van der Waals surface area contributed by atoms with Crippen LogP contribution >= 0.6 is 0 Å². The van der Waals surface area contributed by atoms with Crippen molar-refractivity contribution in [2.45, 2.75) is 26.7 Å². The van der Waals surface area contributed by atoms with Crippen molar-refractivity contribution >= 4 is 11.7 Å². The van der Waals surface area contributed by atoms with E-state index in [-0.39, 0.29) is 17.7 Å². The average molecular weight is 263 g/mol. The molecule has 5 nitrogen and oxygen atoms in total. The number of hydrogen-bond acceptors (Lipinski definition) is 3. The van der Waals surface area contributed by atoms with E-state index < -0.39 is 0 Å². The summed E-state index contributed by atoms with van der Waals surface area (Å²) in [7, 11) is 0. The van der Waals surface area contributed by atoms with E-state index in [2.05, 4.69) is 16.5 Å². The second kappa shape index (κ2) is 7.41. The number of rotatable bonds is 6. The Morgan fingerprint density at radius 2 is 2.26 bits per heavy atom. The molecule has 0 radical (unpaired) electrons. The van der Waals surface area contributed by atoms with E-state index in [0.717, 1.165) is 5.56 Å². The molecule has 0 aliphatic heterocycles.